The molecule has 23 heavy (non-hydrogen) atoms. The van der Waals surface area contributed by atoms with Crippen molar-refractivity contribution >= 4 is 29.1 Å². The Morgan fingerprint density at radius 2 is 2.22 bits per heavy atom. The Bertz CT molecular complexity index is 740. The second-order valence-electron chi connectivity index (χ2n) is 6.37. The number of esters is 1. The molecule has 0 N–H and O–H groups in total. The van der Waals surface area contributed by atoms with E-state index >= 15 is 0 Å². The minimum atomic E-state index is -0.240. The van der Waals surface area contributed by atoms with Crippen molar-refractivity contribution in [3.63, 3.8) is 0 Å². The summed E-state index contributed by atoms with van der Waals surface area (Å²) in [6.07, 6.45) is 4.18. The fourth-order valence-electron chi connectivity index (χ4n) is 3.11. The van der Waals surface area contributed by atoms with Crippen LogP contribution in [0.3, 0.4) is 0 Å². The molecule has 0 saturated carbocycles. The second kappa shape index (κ2) is 5.94. The molecule has 5 nitrogen and oxygen atoms in total. The molecule has 2 aromatic rings. The number of nitrogens with zero attached hydrogens (tertiary/aromatic N) is 2. The van der Waals surface area contributed by atoms with Gasteiger partial charge < -0.3 is 9.15 Å². The number of rotatable bonds is 3. The number of hydrogen-bond donors (Lipinski definition) is 0. The molecule has 2 aliphatic rings. The summed E-state index contributed by atoms with van der Waals surface area (Å²) in [7, 11) is 0. The van der Waals surface area contributed by atoms with Gasteiger partial charge in [0.2, 0.25) is 0 Å². The molecule has 0 bridgehead atoms. The number of aromatic nitrogens is 2. The first kappa shape index (κ1) is 15.2. The van der Waals surface area contributed by atoms with Crippen LogP contribution in [0.4, 0.5) is 0 Å². The van der Waals surface area contributed by atoms with Crippen molar-refractivity contribution in [1.29, 1.82) is 0 Å². The van der Waals surface area contributed by atoms with E-state index < -0.39 is 0 Å². The van der Waals surface area contributed by atoms with Gasteiger partial charge in [0.15, 0.2) is 0 Å². The molecule has 3 heterocycles. The number of cyclic esters (lactones) is 1. The van der Waals surface area contributed by atoms with Gasteiger partial charge in [0, 0.05) is 11.3 Å². The zero-order valence-electron chi connectivity index (χ0n) is 13.1. The molecule has 1 saturated heterocycles. The topological polar surface area (TPSA) is 65.2 Å². The fourth-order valence-corrected chi connectivity index (χ4v) is 5.21. The Morgan fingerprint density at radius 1 is 1.35 bits per heavy atom. The predicted octanol–water partition coefficient (Wildman–Crippen LogP) is 3.72. The summed E-state index contributed by atoms with van der Waals surface area (Å²) in [5.41, 5.74) is 1.42. The molecular formula is C16H18N2O3S2. The average molecular weight is 350 g/mol. The van der Waals surface area contributed by atoms with Gasteiger partial charge in [0.1, 0.15) is 11.4 Å². The largest absolute Gasteiger partial charge is 0.462 e. The van der Waals surface area contributed by atoms with E-state index in [4.69, 9.17) is 9.15 Å². The molecule has 4 rings (SSSR count). The van der Waals surface area contributed by atoms with Crippen LogP contribution in [0, 0.1) is 5.92 Å². The predicted molar refractivity (Wildman–Crippen MR) is 88.6 cm³/mol. The molecule has 3 atom stereocenters. The number of hydrogen-bond acceptors (Lipinski definition) is 7. The van der Waals surface area contributed by atoms with E-state index in [1.807, 2.05) is 6.92 Å². The zero-order chi connectivity index (χ0) is 16.0. The molecule has 7 heteroatoms. The molecule has 0 radical (unpaired) electrons. The van der Waals surface area contributed by atoms with Crippen molar-refractivity contribution < 1.29 is 13.9 Å². The number of thiophene rings is 1. The number of carbonyl (C=O) groups excluding carboxylic acids is 1. The lowest BCUT2D eigenvalue weighted by molar-refractivity contribution is -0.140. The van der Waals surface area contributed by atoms with E-state index in [1.54, 1.807) is 11.3 Å². The van der Waals surface area contributed by atoms with Crippen LogP contribution in [0.25, 0.3) is 10.8 Å². The van der Waals surface area contributed by atoms with Crippen LogP contribution in [-0.4, -0.2) is 27.5 Å². The number of carbonyl (C=O) groups is 1. The van der Waals surface area contributed by atoms with Crippen LogP contribution in [-0.2, 0) is 22.4 Å². The maximum absolute atomic E-state index is 11.7. The standard InChI is InChI=1S/C16H18N2O3S2/c1-8-3-4-11-10(5-8)7-12(22-11)14-17-18-16(21-14)23-13-6-9(2)20-15(13)19/h7-9,13H,3-6H2,1-2H3/t8-,9+,13-/m1/s1. The van der Waals surface area contributed by atoms with Gasteiger partial charge in [-0.1, -0.05) is 6.92 Å². The van der Waals surface area contributed by atoms with E-state index in [1.165, 1.54) is 28.6 Å². The number of fused-ring (bicyclic) bond motifs is 1. The van der Waals surface area contributed by atoms with Gasteiger partial charge >= 0.3 is 5.97 Å². The lowest BCUT2D eigenvalue weighted by Gasteiger charge is -2.16. The molecule has 1 aliphatic carbocycles. The average Bonchev–Trinajstić information content (AvgIpc) is 3.18. The maximum atomic E-state index is 11.7. The van der Waals surface area contributed by atoms with Crippen molar-refractivity contribution in [2.24, 2.45) is 5.92 Å². The SMILES string of the molecule is C[C@@H]1CCc2sc(-c3nnc(S[C@@H]4C[C@H](C)OC4=O)o3)cc2C1. The Morgan fingerprint density at radius 3 is 3.00 bits per heavy atom. The lowest BCUT2D eigenvalue weighted by Crippen LogP contribution is -2.09. The summed E-state index contributed by atoms with van der Waals surface area (Å²) in [5.74, 6) is 1.11. The second-order valence-corrected chi connectivity index (χ2v) is 8.66. The van der Waals surface area contributed by atoms with E-state index in [9.17, 15) is 4.79 Å². The van der Waals surface area contributed by atoms with Crippen molar-refractivity contribution in [1.82, 2.24) is 10.2 Å². The van der Waals surface area contributed by atoms with Crippen LogP contribution in [0.5, 0.6) is 0 Å². The van der Waals surface area contributed by atoms with Gasteiger partial charge in [-0.3, -0.25) is 4.79 Å². The molecule has 1 fully saturated rings. The molecule has 2 aromatic heterocycles. The smallest absolute Gasteiger partial charge is 0.320 e. The molecule has 0 aromatic carbocycles. The molecule has 0 amide bonds. The van der Waals surface area contributed by atoms with Gasteiger partial charge in [-0.25, -0.2) is 0 Å². The third-order valence-electron chi connectivity index (χ3n) is 4.32. The maximum Gasteiger partial charge on any atom is 0.320 e. The minimum Gasteiger partial charge on any atom is -0.462 e. The lowest BCUT2D eigenvalue weighted by atomic mass is 9.90. The number of thioether (sulfide) groups is 1. The first-order valence-corrected chi connectivity index (χ1v) is 9.60. The highest BCUT2D eigenvalue weighted by Crippen LogP contribution is 2.38. The van der Waals surface area contributed by atoms with Crippen molar-refractivity contribution in [2.45, 2.75) is 56.1 Å². The first-order valence-electron chi connectivity index (χ1n) is 7.91. The number of ether oxygens (including phenoxy) is 1. The summed E-state index contributed by atoms with van der Waals surface area (Å²) >= 11 is 3.05. The highest BCUT2D eigenvalue weighted by molar-refractivity contribution is 8.00. The summed E-state index contributed by atoms with van der Waals surface area (Å²) < 4.78 is 10.9. The van der Waals surface area contributed by atoms with Crippen LogP contribution in [0.1, 0.15) is 37.1 Å². The van der Waals surface area contributed by atoms with E-state index in [-0.39, 0.29) is 17.3 Å². The van der Waals surface area contributed by atoms with Gasteiger partial charge in [0.25, 0.3) is 11.1 Å². The van der Waals surface area contributed by atoms with Crippen LogP contribution < -0.4 is 0 Å². The quantitative estimate of drug-likeness (QED) is 0.786. The minimum absolute atomic E-state index is 0.0339. The summed E-state index contributed by atoms with van der Waals surface area (Å²) in [4.78, 5) is 14.2. The fraction of sp³-hybridized carbons (Fsp3) is 0.562. The third kappa shape index (κ3) is 3.04. The Labute approximate surface area is 142 Å². The zero-order valence-corrected chi connectivity index (χ0v) is 14.7. The summed E-state index contributed by atoms with van der Waals surface area (Å²) in [5, 5.41) is 8.44. The molecule has 0 unspecified atom stereocenters. The summed E-state index contributed by atoms with van der Waals surface area (Å²) in [6, 6.07) is 2.18. The van der Waals surface area contributed by atoms with Crippen LogP contribution >= 0.6 is 23.1 Å². The van der Waals surface area contributed by atoms with Crippen LogP contribution in [0.15, 0.2) is 15.7 Å². The van der Waals surface area contributed by atoms with Crippen molar-refractivity contribution in [3.8, 4) is 10.8 Å². The Kier molecular flexibility index (Phi) is 3.93. The van der Waals surface area contributed by atoms with E-state index in [2.05, 4.69) is 23.2 Å². The van der Waals surface area contributed by atoms with Gasteiger partial charge in [-0.05, 0) is 55.5 Å². The molecule has 1 aliphatic heterocycles. The third-order valence-corrected chi connectivity index (χ3v) is 6.58. The number of aryl methyl sites for hydroxylation is 1. The molecule has 122 valence electrons. The molecule has 0 spiro atoms. The monoisotopic (exact) mass is 350 g/mol. The van der Waals surface area contributed by atoms with Gasteiger partial charge in [-0.2, -0.15) is 0 Å². The highest BCUT2D eigenvalue weighted by Gasteiger charge is 2.34. The Balaban J connectivity index is 1.51. The normalized spacial score (nSPS) is 27.0. The van der Waals surface area contributed by atoms with E-state index in [0.717, 1.165) is 23.6 Å². The van der Waals surface area contributed by atoms with Gasteiger partial charge in [0.05, 0.1) is 4.88 Å². The first-order chi connectivity index (χ1) is 11.1. The van der Waals surface area contributed by atoms with Crippen molar-refractivity contribution in [3.05, 3.63) is 16.5 Å². The van der Waals surface area contributed by atoms with Crippen molar-refractivity contribution in [2.75, 3.05) is 0 Å². The molecular weight excluding hydrogens is 332 g/mol. The highest BCUT2D eigenvalue weighted by atomic mass is 32.2. The van der Waals surface area contributed by atoms with E-state index in [0.29, 0.717) is 17.5 Å². The summed E-state index contributed by atoms with van der Waals surface area (Å²) in [6.45, 7) is 4.19. The Hall–Kier alpha value is -1.34. The van der Waals surface area contributed by atoms with Crippen LogP contribution in [0.2, 0.25) is 0 Å². The van der Waals surface area contributed by atoms with Gasteiger partial charge in [-0.15, -0.1) is 21.5 Å².